The molecule has 0 fully saturated rings. The molecule has 1 heterocycles. The zero-order valence-corrected chi connectivity index (χ0v) is 18.0. The number of rotatable bonds is 7. The Kier molecular flexibility index (Phi) is 6.58. The summed E-state index contributed by atoms with van der Waals surface area (Å²) in [6.45, 7) is 0.0813. The van der Waals surface area contributed by atoms with Gasteiger partial charge in [0, 0.05) is 16.6 Å². The lowest BCUT2D eigenvalue weighted by molar-refractivity contribution is -0.121. The van der Waals surface area contributed by atoms with Crippen LogP contribution in [-0.2, 0) is 11.3 Å². The van der Waals surface area contributed by atoms with Gasteiger partial charge in [0.2, 0.25) is 0 Å². The first kappa shape index (κ1) is 20.2. The molecule has 7 nitrogen and oxygen atoms in total. The Balaban J connectivity index is 1.81. The number of amides is 1. The van der Waals surface area contributed by atoms with Crippen LogP contribution >= 0.6 is 27.7 Å². The fourth-order valence-electron chi connectivity index (χ4n) is 2.68. The zero-order valence-electron chi connectivity index (χ0n) is 15.6. The van der Waals surface area contributed by atoms with Gasteiger partial charge in [0.1, 0.15) is 6.54 Å². The van der Waals surface area contributed by atoms with Crippen molar-refractivity contribution in [3.8, 4) is 11.5 Å². The molecule has 0 aliphatic rings. The number of benzene rings is 2. The van der Waals surface area contributed by atoms with Gasteiger partial charge < -0.3 is 14.0 Å². The minimum atomic E-state index is -0.254. The lowest BCUT2D eigenvalue weighted by Crippen LogP contribution is -2.23. The number of ether oxygens (including phenoxy) is 2. The van der Waals surface area contributed by atoms with E-state index in [1.54, 1.807) is 26.5 Å². The number of nitrogens with zero attached hydrogens (tertiary/aromatic N) is 3. The highest BCUT2D eigenvalue weighted by molar-refractivity contribution is 9.10. The van der Waals surface area contributed by atoms with E-state index in [1.165, 1.54) is 11.8 Å². The van der Waals surface area contributed by atoms with Gasteiger partial charge in [0.15, 0.2) is 16.7 Å². The van der Waals surface area contributed by atoms with Gasteiger partial charge in [-0.25, -0.2) is 10.4 Å². The van der Waals surface area contributed by atoms with E-state index in [0.29, 0.717) is 11.5 Å². The summed E-state index contributed by atoms with van der Waals surface area (Å²) in [5.41, 5.74) is 4.95. The zero-order chi connectivity index (χ0) is 20.1. The number of fused-ring (bicyclic) bond motifs is 1. The van der Waals surface area contributed by atoms with E-state index < -0.39 is 0 Å². The first-order chi connectivity index (χ1) is 13.5. The number of methoxy groups -OCH3 is 2. The molecule has 0 atom stereocenters. The molecule has 2 aromatic carbocycles. The van der Waals surface area contributed by atoms with Crippen LogP contribution in [-0.4, -0.2) is 42.1 Å². The van der Waals surface area contributed by atoms with Crippen LogP contribution in [0.5, 0.6) is 11.5 Å². The summed E-state index contributed by atoms with van der Waals surface area (Å²) >= 11 is 4.86. The minimum absolute atomic E-state index is 0.0813. The number of nitrogens with one attached hydrogen (secondary N) is 1. The maximum atomic E-state index is 12.4. The van der Waals surface area contributed by atoms with Gasteiger partial charge in [0.05, 0.1) is 31.5 Å². The highest BCUT2D eigenvalue weighted by Crippen LogP contribution is 2.33. The first-order valence-corrected chi connectivity index (χ1v) is 10.3. The average molecular weight is 463 g/mol. The van der Waals surface area contributed by atoms with E-state index in [2.05, 4.69) is 31.4 Å². The van der Waals surface area contributed by atoms with Crippen LogP contribution < -0.4 is 14.9 Å². The molecule has 1 aromatic heterocycles. The number of hydrogen-bond donors (Lipinski definition) is 1. The number of hydrogen-bond acceptors (Lipinski definition) is 6. The Labute approximate surface area is 175 Å². The lowest BCUT2D eigenvalue weighted by Gasteiger charge is -2.09. The van der Waals surface area contributed by atoms with Crippen molar-refractivity contribution in [1.29, 1.82) is 0 Å². The van der Waals surface area contributed by atoms with E-state index in [-0.39, 0.29) is 12.5 Å². The Morgan fingerprint density at radius 2 is 2.04 bits per heavy atom. The molecule has 0 radical (unpaired) electrons. The number of hydrazone groups is 1. The average Bonchev–Trinajstić information content (AvgIpc) is 3.03. The molecule has 9 heteroatoms. The molecule has 0 saturated heterocycles. The molecule has 0 aliphatic heterocycles. The van der Waals surface area contributed by atoms with Crippen LogP contribution in [0.25, 0.3) is 11.0 Å². The van der Waals surface area contributed by atoms with Crippen molar-refractivity contribution < 1.29 is 14.3 Å². The van der Waals surface area contributed by atoms with Crippen molar-refractivity contribution in [2.24, 2.45) is 5.10 Å². The Hall–Kier alpha value is -2.52. The van der Waals surface area contributed by atoms with E-state index in [4.69, 9.17) is 9.47 Å². The van der Waals surface area contributed by atoms with Crippen LogP contribution in [0.3, 0.4) is 0 Å². The van der Waals surface area contributed by atoms with Crippen LogP contribution in [0, 0.1) is 0 Å². The van der Waals surface area contributed by atoms with Crippen molar-refractivity contribution in [3.63, 3.8) is 0 Å². The largest absolute Gasteiger partial charge is 0.493 e. The summed E-state index contributed by atoms with van der Waals surface area (Å²) in [7, 11) is 3.15. The molecule has 0 unspecified atom stereocenters. The van der Waals surface area contributed by atoms with Crippen molar-refractivity contribution in [2.45, 2.75) is 11.7 Å². The summed E-state index contributed by atoms with van der Waals surface area (Å²) in [5.74, 6) is 0.919. The Morgan fingerprint density at radius 3 is 2.71 bits per heavy atom. The molecule has 0 aliphatic carbocycles. The fourth-order valence-corrected chi connectivity index (χ4v) is 3.67. The number of carbonyl (C=O) groups excluding carboxylic acids is 1. The van der Waals surface area contributed by atoms with Gasteiger partial charge in [0.25, 0.3) is 5.91 Å². The van der Waals surface area contributed by atoms with Crippen molar-refractivity contribution in [3.05, 3.63) is 46.4 Å². The number of imidazole rings is 1. The molecule has 3 aromatic rings. The molecule has 1 N–H and O–H groups in total. The topological polar surface area (TPSA) is 77.7 Å². The fraction of sp³-hybridized carbons (Fsp3) is 0.211. The van der Waals surface area contributed by atoms with E-state index in [0.717, 1.165) is 26.2 Å². The monoisotopic (exact) mass is 462 g/mol. The predicted octanol–water partition coefficient (Wildman–Crippen LogP) is 3.69. The third-order valence-electron chi connectivity index (χ3n) is 3.95. The van der Waals surface area contributed by atoms with Gasteiger partial charge >= 0.3 is 0 Å². The minimum Gasteiger partial charge on any atom is -0.493 e. The van der Waals surface area contributed by atoms with Gasteiger partial charge in [-0.05, 0) is 24.0 Å². The van der Waals surface area contributed by atoms with Gasteiger partial charge in [-0.1, -0.05) is 39.8 Å². The van der Waals surface area contributed by atoms with Gasteiger partial charge in [-0.15, -0.1) is 0 Å². The molecular weight excluding hydrogens is 444 g/mol. The lowest BCUT2D eigenvalue weighted by atomic mass is 10.2. The van der Waals surface area contributed by atoms with Crippen LogP contribution in [0.15, 0.2) is 51.1 Å². The standard InChI is InChI=1S/C19H19BrN4O3S/c1-26-16-8-14-15(9-17(16)27-2)24(19(22-14)28-3)11-18(25)23-21-10-12-5-4-6-13(20)7-12/h4-10H,11H2,1-3H3,(H,23,25)/b21-10+. The SMILES string of the molecule is COc1cc2nc(SC)n(CC(=O)N/N=C/c3cccc(Br)c3)c2cc1OC. The van der Waals surface area contributed by atoms with E-state index >= 15 is 0 Å². The second-order valence-electron chi connectivity index (χ2n) is 5.73. The first-order valence-electron chi connectivity index (χ1n) is 8.29. The normalized spacial score (nSPS) is 11.1. The second kappa shape index (κ2) is 9.11. The summed E-state index contributed by atoms with van der Waals surface area (Å²) in [6.07, 6.45) is 3.51. The van der Waals surface area contributed by atoms with E-state index in [1.807, 2.05) is 41.2 Å². The molecule has 3 rings (SSSR count). The van der Waals surface area contributed by atoms with Crippen LogP contribution in [0.2, 0.25) is 0 Å². The van der Waals surface area contributed by atoms with Crippen molar-refractivity contribution in [2.75, 3.05) is 20.5 Å². The van der Waals surface area contributed by atoms with Crippen molar-refractivity contribution in [1.82, 2.24) is 15.0 Å². The Bertz CT molecular complexity index is 1040. The third-order valence-corrected chi connectivity index (χ3v) is 5.12. The summed E-state index contributed by atoms with van der Waals surface area (Å²) in [4.78, 5) is 17.0. The number of aromatic nitrogens is 2. The molecule has 0 bridgehead atoms. The smallest absolute Gasteiger partial charge is 0.260 e. The van der Waals surface area contributed by atoms with Gasteiger partial charge in [-0.2, -0.15) is 5.10 Å². The quantitative estimate of drug-likeness (QED) is 0.329. The highest BCUT2D eigenvalue weighted by atomic mass is 79.9. The molecule has 0 saturated carbocycles. The molecule has 146 valence electrons. The predicted molar refractivity (Wildman–Crippen MR) is 114 cm³/mol. The summed E-state index contributed by atoms with van der Waals surface area (Å²) in [5, 5.41) is 4.75. The number of carbonyl (C=O) groups is 1. The van der Waals surface area contributed by atoms with Crippen LogP contribution in [0.4, 0.5) is 0 Å². The number of thioether (sulfide) groups is 1. The third kappa shape index (κ3) is 4.48. The molecule has 0 spiro atoms. The summed E-state index contributed by atoms with van der Waals surface area (Å²) in [6, 6.07) is 11.2. The van der Waals surface area contributed by atoms with Crippen LogP contribution in [0.1, 0.15) is 5.56 Å². The highest BCUT2D eigenvalue weighted by Gasteiger charge is 2.16. The second-order valence-corrected chi connectivity index (χ2v) is 7.42. The van der Waals surface area contributed by atoms with Gasteiger partial charge in [-0.3, -0.25) is 4.79 Å². The maximum absolute atomic E-state index is 12.4. The maximum Gasteiger partial charge on any atom is 0.260 e. The Morgan fingerprint density at radius 1 is 1.29 bits per heavy atom. The number of halogens is 1. The molecule has 1 amide bonds. The molecule has 28 heavy (non-hydrogen) atoms. The van der Waals surface area contributed by atoms with E-state index in [9.17, 15) is 4.79 Å². The van der Waals surface area contributed by atoms with Crippen molar-refractivity contribution >= 4 is 50.8 Å². The molecular formula is C19H19BrN4O3S. The summed E-state index contributed by atoms with van der Waals surface area (Å²) < 4.78 is 13.5.